The van der Waals surface area contributed by atoms with Crippen molar-refractivity contribution in [3.8, 4) is 0 Å². The summed E-state index contributed by atoms with van der Waals surface area (Å²) >= 11 is 0. The van der Waals surface area contributed by atoms with E-state index in [9.17, 15) is 22.4 Å². The van der Waals surface area contributed by atoms with Gasteiger partial charge in [-0.3, -0.25) is 9.59 Å². The number of sulfone groups is 1. The van der Waals surface area contributed by atoms with Gasteiger partial charge in [0.1, 0.15) is 5.82 Å². The molecule has 0 spiro atoms. The molecule has 138 valence electrons. The van der Waals surface area contributed by atoms with E-state index in [0.29, 0.717) is 5.56 Å². The van der Waals surface area contributed by atoms with Crippen LogP contribution in [-0.4, -0.2) is 44.6 Å². The van der Waals surface area contributed by atoms with Crippen LogP contribution in [0.3, 0.4) is 0 Å². The molecule has 1 aromatic carbocycles. The molecule has 0 heterocycles. The summed E-state index contributed by atoms with van der Waals surface area (Å²) in [4.78, 5) is 25.2. The van der Waals surface area contributed by atoms with Gasteiger partial charge >= 0.3 is 11.9 Å². The normalized spacial score (nSPS) is 21.4. The van der Waals surface area contributed by atoms with E-state index in [1.165, 1.54) is 19.1 Å². The van der Waals surface area contributed by atoms with Crippen molar-refractivity contribution < 1.29 is 31.9 Å². The van der Waals surface area contributed by atoms with Crippen molar-refractivity contribution in [2.45, 2.75) is 31.9 Å². The van der Waals surface area contributed by atoms with Crippen molar-refractivity contribution in [2.24, 2.45) is 5.41 Å². The lowest BCUT2D eigenvalue weighted by Crippen LogP contribution is -2.36. The summed E-state index contributed by atoms with van der Waals surface area (Å²) in [5, 5.41) is -1.28. The first-order valence-corrected chi connectivity index (χ1v) is 9.80. The molecule has 0 aliphatic heterocycles. The number of hydrogen-bond donors (Lipinski definition) is 0. The molecular formula is C17H21FO6S. The fourth-order valence-electron chi connectivity index (χ4n) is 3.20. The van der Waals surface area contributed by atoms with Gasteiger partial charge in [-0.15, -0.1) is 0 Å². The molecule has 6 nitrogen and oxygen atoms in total. The Bertz CT molecular complexity index is 738. The highest BCUT2D eigenvalue weighted by molar-refractivity contribution is 7.92. The molecule has 0 bridgehead atoms. The fourth-order valence-corrected chi connectivity index (χ4v) is 5.18. The van der Waals surface area contributed by atoms with Crippen molar-refractivity contribution >= 4 is 21.8 Å². The number of halogens is 1. The number of esters is 2. The first-order chi connectivity index (χ1) is 11.8. The lowest BCUT2D eigenvalue weighted by molar-refractivity contribution is -0.164. The summed E-state index contributed by atoms with van der Waals surface area (Å²) in [6.07, 6.45) is 0. The number of rotatable bonds is 7. The van der Waals surface area contributed by atoms with Crippen molar-refractivity contribution in [2.75, 3.05) is 19.0 Å². The molecule has 1 saturated carbocycles. The van der Waals surface area contributed by atoms with Gasteiger partial charge in [-0.25, -0.2) is 12.8 Å². The third-order valence-corrected chi connectivity index (χ3v) is 6.60. The molecule has 1 aliphatic carbocycles. The van der Waals surface area contributed by atoms with Gasteiger partial charge in [-0.05, 0) is 31.5 Å². The Morgan fingerprint density at radius 3 is 1.92 bits per heavy atom. The van der Waals surface area contributed by atoms with E-state index in [4.69, 9.17) is 9.47 Å². The monoisotopic (exact) mass is 372 g/mol. The van der Waals surface area contributed by atoms with Crippen LogP contribution in [0.25, 0.3) is 0 Å². The van der Waals surface area contributed by atoms with Crippen LogP contribution in [0.5, 0.6) is 0 Å². The predicted octanol–water partition coefficient (Wildman–Crippen LogP) is 1.84. The summed E-state index contributed by atoms with van der Waals surface area (Å²) in [6, 6.07) is 5.06. The molecule has 0 aromatic heterocycles. The zero-order chi connectivity index (χ0) is 18.8. The molecule has 1 aromatic rings. The molecule has 25 heavy (non-hydrogen) atoms. The highest BCUT2D eigenvalue weighted by Gasteiger charge is 2.81. The minimum atomic E-state index is -3.76. The van der Waals surface area contributed by atoms with Crippen LogP contribution in [0.15, 0.2) is 24.3 Å². The number of ether oxygens (including phenoxy) is 2. The second-order valence-electron chi connectivity index (χ2n) is 5.71. The van der Waals surface area contributed by atoms with E-state index >= 15 is 0 Å². The largest absolute Gasteiger partial charge is 0.465 e. The van der Waals surface area contributed by atoms with Gasteiger partial charge in [0.05, 0.1) is 18.5 Å². The maximum atomic E-state index is 13.2. The van der Waals surface area contributed by atoms with Crippen molar-refractivity contribution in [3.05, 3.63) is 35.6 Å². The number of carbonyl (C=O) groups excluding carboxylic acids is 2. The van der Waals surface area contributed by atoms with E-state index in [2.05, 4.69) is 0 Å². The molecule has 0 radical (unpaired) electrons. The number of benzene rings is 1. The standard InChI is InChI=1S/C17H21FO6S/c1-4-23-15(19)17(16(20)24-5-2)13(14(17)25(21,22)6-3)11-7-9-12(18)10-8-11/h7-10,13-14H,4-6H2,1-3H3/t13-,14-/m0/s1. The summed E-state index contributed by atoms with van der Waals surface area (Å²) in [5.74, 6) is -3.56. The molecule has 0 N–H and O–H groups in total. The zero-order valence-electron chi connectivity index (χ0n) is 14.3. The average Bonchev–Trinajstić information content (AvgIpc) is 3.28. The highest BCUT2D eigenvalue weighted by atomic mass is 32.2. The van der Waals surface area contributed by atoms with Crippen molar-refractivity contribution in [1.82, 2.24) is 0 Å². The van der Waals surface area contributed by atoms with Crippen LogP contribution < -0.4 is 0 Å². The van der Waals surface area contributed by atoms with Gasteiger partial charge in [0.15, 0.2) is 15.3 Å². The molecule has 8 heteroatoms. The summed E-state index contributed by atoms with van der Waals surface area (Å²) in [5.41, 5.74) is -1.57. The average molecular weight is 372 g/mol. The third kappa shape index (κ3) is 3.15. The molecule has 0 amide bonds. The number of carbonyl (C=O) groups is 2. The topological polar surface area (TPSA) is 86.7 Å². The van der Waals surface area contributed by atoms with E-state index in [0.717, 1.165) is 12.1 Å². The Morgan fingerprint density at radius 1 is 1.04 bits per heavy atom. The Labute approximate surface area is 146 Å². The smallest absolute Gasteiger partial charge is 0.325 e. The van der Waals surface area contributed by atoms with Crippen LogP contribution in [0.1, 0.15) is 32.3 Å². The second-order valence-corrected chi connectivity index (χ2v) is 8.12. The Hall–Kier alpha value is -1.96. The Morgan fingerprint density at radius 2 is 1.52 bits per heavy atom. The molecule has 1 aliphatic rings. The lowest BCUT2D eigenvalue weighted by Gasteiger charge is -2.15. The van der Waals surface area contributed by atoms with Crippen molar-refractivity contribution in [3.63, 3.8) is 0 Å². The van der Waals surface area contributed by atoms with Gasteiger partial charge in [0.2, 0.25) is 0 Å². The fraction of sp³-hybridized carbons (Fsp3) is 0.529. The summed E-state index contributed by atoms with van der Waals surface area (Å²) in [6.45, 7) is 4.56. The van der Waals surface area contributed by atoms with E-state index in [1.54, 1.807) is 13.8 Å². The van der Waals surface area contributed by atoms with Gasteiger partial charge in [0, 0.05) is 11.7 Å². The maximum absolute atomic E-state index is 13.2. The highest BCUT2D eigenvalue weighted by Crippen LogP contribution is 2.64. The summed E-state index contributed by atoms with van der Waals surface area (Å²) < 4.78 is 48.3. The molecular weight excluding hydrogens is 351 g/mol. The van der Waals surface area contributed by atoms with Crippen LogP contribution >= 0.6 is 0 Å². The predicted molar refractivity (Wildman–Crippen MR) is 88.1 cm³/mol. The minimum absolute atomic E-state index is 0.00494. The van der Waals surface area contributed by atoms with E-state index in [1.807, 2.05) is 0 Å². The SMILES string of the molecule is CCOC(=O)C1(C(=O)OCC)[C@@H](c2ccc(F)cc2)[C@@H]1S(=O)(=O)CC. The van der Waals surface area contributed by atoms with Crippen LogP contribution in [0.2, 0.25) is 0 Å². The summed E-state index contributed by atoms with van der Waals surface area (Å²) in [7, 11) is -3.76. The van der Waals surface area contributed by atoms with Gasteiger partial charge in [-0.2, -0.15) is 0 Å². The zero-order valence-corrected chi connectivity index (χ0v) is 15.1. The van der Waals surface area contributed by atoms with E-state index in [-0.39, 0.29) is 19.0 Å². The quantitative estimate of drug-likeness (QED) is 0.536. The third-order valence-electron chi connectivity index (χ3n) is 4.38. The minimum Gasteiger partial charge on any atom is -0.465 e. The van der Waals surface area contributed by atoms with Crippen LogP contribution in [0.4, 0.5) is 4.39 Å². The van der Waals surface area contributed by atoms with Gasteiger partial charge in [-0.1, -0.05) is 19.1 Å². The molecule has 0 saturated heterocycles. The van der Waals surface area contributed by atoms with Crippen LogP contribution in [-0.2, 0) is 28.9 Å². The van der Waals surface area contributed by atoms with Crippen molar-refractivity contribution in [1.29, 1.82) is 0 Å². The number of hydrogen-bond acceptors (Lipinski definition) is 6. The molecule has 2 rings (SSSR count). The first kappa shape index (κ1) is 19.4. The second kappa shape index (κ2) is 7.11. The van der Waals surface area contributed by atoms with Gasteiger partial charge in [0.25, 0.3) is 0 Å². The van der Waals surface area contributed by atoms with Crippen LogP contribution in [0, 0.1) is 11.2 Å². The van der Waals surface area contributed by atoms with Gasteiger partial charge < -0.3 is 9.47 Å². The first-order valence-electron chi connectivity index (χ1n) is 8.08. The molecule has 0 unspecified atom stereocenters. The van der Waals surface area contributed by atoms with E-state index < -0.39 is 44.2 Å². The maximum Gasteiger partial charge on any atom is 0.325 e. The Kier molecular flexibility index (Phi) is 5.51. The molecule has 1 fully saturated rings. The molecule has 2 atom stereocenters. The lowest BCUT2D eigenvalue weighted by atomic mass is 9.99. The Balaban J connectivity index is 2.61.